The van der Waals surface area contributed by atoms with Crippen molar-refractivity contribution in [2.45, 2.75) is 13.8 Å². The van der Waals surface area contributed by atoms with E-state index >= 15 is 0 Å². The van der Waals surface area contributed by atoms with E-state index in [1.54, 1.807) is 4.90 Å². The van der Waals surface area contributed by atoms with Crippen LogP contribution >= 0.6 is 0 Å². The Bertz CT molecular complexity index is 1000. The highest BCUT2D eigenvalue weighted by Crippen LogP contribution is 2.24. The molecule has 0 atom stereocenters. The number of nitrogens with one attached hydrogen (secondary N) is 3. The van der Waals surface area contributed by atoms with Gasteiger partial charge in [-0.25, -0.2) is 4.79 Å². The SMILES string of the molecule is Cc1[nH]c2ccc(C(=O)Nc3ccc(N4CCNC4=O)cc3)cc2c1C. The van der Waals surface area contributed by atoms with Crippen LogP contribution in [-0.4, -0.2) is 30.0 Å². The van der Waals surface area contributed by atoms with Crippen LogP contribution in [0.25, 0.3) is 10.9 Å². The van der Waals surface area contributed by atoms with Crippen molar-refractivity contribution >= 4 is 34.2 Å². The number of nitrogens with zero attached hydrogens (tertiary/aromatic N) is 1. The normalized spacial score (nSPS) is 13.9. The summed E-state index contributed by atoms with van der Waals surface area (Å²) in [5.74, 6) is -0.156. The van der Waals surface area contributed by atoms with Gasteiger partial charge in [-0.05, 0) is 61.9 Å². The van der Waals surface area contributed by atoms with E-state index in [-0.39, 0.29) is 11.9 Å². The second-order valence-electron chi connectivity index (χ2n) is 6.52. The van der Waals surface area contributed by atoms with Gasteiger partial charge in [-0.15, -0.1) is 0 Å². The lowest BCUT2D eigenvalue weighted by Gasteiger charge is -2.14. The molecule has 3 aromatic rings. The molecular formula is C20H20N4O2. The number of carbonyl (C=O) groups is 2. The van der Waals surface area contributed by atoms with Gasteiger partial charge in [0.1, 0.15) is 0 Å². The van der Waals surface area contributed by atoms with Crippen molar-refractivity contribution in [3.63, 3.8) is 0 Å². The molecule has 3 N–H and O–H groups in total. The third-order valence-corrected chi connectivity index (χ3v) is 4.86. The number of aromatic amines is 1. The molecule has 6 nitrogen and oxygen atoms in total. The summed E-state index contributed by atoms with van der Waals surface area (Å²) in [6.45, 7) is 5.37. The maximum Gasteiger partial charge on any atom is 0.321 e. The minimum Gasteiger partial charge on any atom is -0.358 e. The number of fused-ring (bicyclic) bond motifs is 1. The van der Waals surface area contributed by atoms with Crippen LogP contribution in [0.5, 0.6) is 0 Å². The lowest BCUT2D eigenvalue weighted by molar-refractivity contribution is 0.102. The molecule has 6 heteroatoms. The minimum absolute atomic E-state index is 0.0905. The third-order valence-electron chi connectivity index (χ3n) is 4.86. The van der Waals surface area contributed by atoms with Crippen LogP contribution in [0.15, 0.2) is 42.5 Å². The Labute approximate surface area is 151 Å². The lowest BCUT2D eigenvalue weighted by Crippen LogP contribution is -2.27. The highest BCUT2D eigenvalue weighted by molar-refractivity contribution is 6.06. The maximum absolute atomic E-state index is 12.6. The van der Waals surface area contributed by atoms with Gasteiger partial charge in [0.25, 0.3) is 5.91 Å². The number of urea groups is 1. The first-order valence-electron chi connectivity index (χ1n) is 8.58. The van der Waals surface area contributed by atoms with E-state index in [1.165, 1.54) is 0 Å². The quantitative estimate of drug-likeness (QED) is 0.677. The zero-order chi connectivity index (χ0) is 18.3. The highest BCUT2D eigenvalue weighted by atomic mass is 16.2. The number of carbonyl (C=O) groups excluding carboxylic acids is 2. The summed E-state index contributed by atoms with van der Waals surface area (Å²) < 4.78 is 0. The van der Waals surface area contributed by atoms with E-state index in [9.17, 15) is 9.59 Å². The van der Waals surface area contributed by atoms with E-state index < -0.39 is 0 Å². The number of benzene rings is 2. The van der Waals surface area contributed by atoms with Crippen molar-refractivity contribution in [2.24, 2.45) is 0 Å². The lowest BCUT2D eigenvalue weighted by atomic mass is 10.1. The van der Waals surface area contributed by atoms with Crippen LogP contribution in [0, 0.1) is 13.8 Å². The number of anilines is 2. The molecule has 2 heterocycles. The number of amides is 3. The number of aryl methyl sites for hydroxylation is 2. The first kappa shape index (κ1) is 16.2. The zero-order valence-corrected chi connectivity index (χ0v) is 14.7. The number of H-pyrrole nitrogens is 1. The molecule has 1 aliphatic heterocycles. The maximum atomic E-state index is 12.6. The van der Waals surface area contributed by atoms with Crippen molar-refractivity contribution in [1.82, 2.24) is 10.3 Å². The molecule has 0 spiro atoms. The fourth-order valence-corrected chi connectivity index (χ4v) is 3.25. The van der Waals surface area contributed by atoms with Gasteiger partial charge in [-0.3, -0.25) is 9.69 Å². The van der Waals surface area contributed by atoms with Gasteiger partial charge in [0.15, 0.2) is 0 Å². The molecule has 1 fully saturated rings. The van der Waals surface area contributed by atoms with Gasteiger partial charge < -0.3 is 15.6 Å². The van der Waals surface area contributed by atoms with Gasteiger partial charge in [0.05, 0.1) is 0 Å². The summed E-state index contributed by atoms with van der Waals surface area (Å²) in [6, 6.07) is 12.9. The molecule has 3 amide bonds. The Morgan fingerprint density at radius 2 is 1.88 bits per heavy atom. The molecule has 1 saturated heterocycles. The topological polar surface area (TPSA) is 77.2 Å². The van der Waals surface area contributed by atoms with Crippen molar-refractivity contribution in [3.05, 3.63) is 59.3 Å². The number of hydrogen-bond donors (Lipinski definition) is 3. The first-order valence-corrected chi connectivity index (χ1v) is 8.58. The van der Waals surface area contributed by atoms with Gasteiger partial charge in [-0.1, -0.05) is 0 Å². The van der Waals surface area contributed by atoms with Crippen LogP contribution in [0.4, 0.5) is 16.2 Å². The first-order chi connectivity index (χ1) is 12.5. The van der Waals surface area contributed by atoms with Gasteiger partial charge in [-0.2, -0.15) is 0 Å². The van der Waals surface area contributed by atoms with E-state index in [0.717, 1.165) is 27.8 Å². The smallest absolute Gasteiger partial charge is 0.321 e. The molecule has 132 valence electrons. The standard InChI is InChI=1S/C20H20N4O2/c1-12-13(2)22-18-8-3-14(11-17(12)18)19(25)23-15-4-6-16(7-5-15)24-10-9-21-20(24)26/h3-8,11,22H,9-10H2,1-2H3,(H,21,26)(H,23,25). The summed E-state index contributed by atoms with van der Waals surface area (Å²) in [5.41, 5.74) is 5.42. The molecule has 0 unspecified atom stereocenters. The van der Waals surface area contributed by atoms with Crippen LogP contribution in [0.1, 0.15) is 21.6 Å². The predicted molar refractivity (Wildman–Crippen MR) is 103 cm³/mol. The Balaban J connectivity index is 1.52. The van der Waals surface area contributed by atoms with Crippen LogP contribution in [-0.2, 0) is 0 Å². The molecule has 26 heavy (non-hydrogen) atoms. The van der Waals surface area contributed by atoms with E-state index in [0.29, 0.717) is 24.3 Å². The molecular weight excluding hydrogens is 328 g/mol. The Morgan fingerprint density at radius 3 is 2.58 bits per heavy atom. The minimum atomic E-state index is -0.156. The summed E-state index contributed by atoms with van der Waals surface area (Å²) in [6.07, 6.45) is 0. The monoisotopic (exact) mass is 348 g/mol. The van der Waals surface area contributed by atoms with Crippen molar-refractivity contribution < 1.29 is 9.59 Å². The summed E-state index contributed by atoms with van der Waals surface area (Å²) in [7, 11) is 0. The fraction of sp³-hybridized carbons (Fsp3) is 0.200. The van der Waals surface area contributed by atoms with Crippen molar-refractivity contribution in [3.8, 4) is 0 Å². The van der Waals surface area contributed by atoms with Gasteiger partial charge in [0, 0.05) is 46.6 Å². The predicted octanol–water partition coefficient (Wildman–Crippen LogP) is 3.57. The Kier molecular flexibility index (Phi) is 3.88. The summed E-state index contributed by atoms with van der Waals surface area (Å²) in [4.78, 5) is 29.3. The Morgan fingerprint density at radius 1 is 1.12 bits per heavy atom. The molecule has 1 aliphatic rings. The van der Waals surface area contributed by atoms with Crippen LogP contribution in [0.2, 0.25) is 0 Å². The van der Waals surface area contributed by atoms with E-state index in [1.807, 2.05) is 56.3 Å². The van der Waals surface area contributed by atoms with Crippen LogP contribution < -0.4 is 15.5 Å². The second-order valence-corrected chi connectivity index (χ2v) is 6.52. The molecule has 4 rings (SSSR count). The van der Waals surface area contributed by atoms with Crippen molar-refractivity contribution in [1.29, 1.82) is 0 Å². The summed E-state index contributed by atoms with van der Waals surface area (Å²) >= 11 is 0. The second kappa shape index (κ2) is 6.22. The van der Waals surface area contributed by atoms with Crippen molar-refractivity contribution in [2.75, 3.05) is 23.3 Å². The third kappa shape index (κ3) is 2.79. The highest BCUT2D eigenvalue weighted by Gasteiger charge is 2.20. The number of aromatic nitrogens is 1. The molecule has 1 aromatic heterocycles. The van der Waals surface area contributed by atoms with Crippen LogP contribution in [0.3, 0.4) is 0 Å². The number of rotatable bonds is 3. The van der Waals surface area contributed by atoms with E-state index in [2.05, 4.69) is 15.6 Å². The largest absolute Gasteiger partial charge is 0.358 e. The average Bonchev–Trinajstić information content (AvgIpc) is 3.19. The fourth-order valence-electron chi connectivity index (χ4n) is 3.25. The number of hydrogen-bond acceptors (Lipinski definition) is 2. The zero-order valence-electron chi connectivity index (χ0n) is 14.7. The summed E-state index contributed by atoms with van der Waals surface area (Å²) in [5, 5.41) is 6.74. The molecule has 0 saturated carbocycles. The van der Waals surface area contributed by atoms with E-state index in [4.69, 9.17) is 0 Å². The molecule has 0 radical (unpaired) electrons. The molecule has 2 aromatic carbocycles. The Hall–Kier alpha value is -3.28. The van der Waals surface area contributed by atoms with Gasteiger partial charge >= 0.3 is 6.03 Å². The van der Waals surface area contributed by atoms with Gasteiger partial charge in [0.2, 0.25) is 0 Å². The average molecular weight is 348 g/mol. The molecule has 0 bridgehead atoms. The molecule has 0 aliphatic carbocycles.